The Bertz CT molecular complexity index is 487. The third kappa shape index (κ3) is 2.83. The fourth-order valence-corrected chi connectivity index (χ4v) is 2.12. The fraction of sp³-hybridized carbons (Fsp3) is 0.273. The average Bonchev–Trinajstić information content (AvgIpc) is 2.82. The van der Waals surface area contributed by atoms with Gasteiger partial charge < -0.3 is 9.84 Å². The first kappa shape index (κ1) is 12.1. The Morgan fingerprint density at radius 1 is 1.53 bits per heavy atom. The van der Waals surface area contributed by atoms with Crippen LogP contribution in [0.2, 0.25) is 0 Å². The molecule has 6 heteroatoms. The number of ether oxygens (including phenoxy) is 1. The first-order chi connectivity index (χ1) is 8.20. The van der Waals surface area contributed by atoms with Crippen molar-refractivity contribution < 1.29 is 9.84 Å². The van der Waals surface area contributed by atoms with Crippen molar-refractivity contribution in [1.29, 1.82) is 0 Å². The lowest BCUT2D eigenvalue weighted by atomic mass is 10.1. The van der Waals surface area contributed by atoms with E-state index < -0.39 is 6.10 Å². The van der Waals surface area contributed by atoms with Gasteiger partial charge in [-0.25, -0.2) is 0 Å². The Morgan fingerprint density at radius 3 is 2.94 bits per heavy atom. The van der Waals surface area contributed by atoms with E-state index in [-0.39, 0.29) is 0 Å². The summed E-state index contributed by atoms with van der Waals surface area (Å²) in [6.07, 6.45) is 1.34. The van der Waals surface area contributed by atoms with Crippen molar-refractivity contribution in [2.75, 3.05) is 7.11 Å². The lowest BCUT2D eigenvalue weighted by molar-refractivity contribution is 0.173. The number of aromatic nitrogens is 3. The molecule has 0 fully saturated rings. The maximum absolute atomic E-state index is 9.91. The highest BCUT2D eigenvalue weighted by molar-refractivity contribution is 9.10. The van der Waals surface area contributed by atoms with Crippen LogP contribution in [0.1, 0.15) is 17.4 Å². The zero-order valence-electron chi connectivity index (χ0n) is 9.22. The molecule has 1 heterocycles. The summed E-state index contributed by atoms with van der Waals surface area (Å²) >= 11 is 3.41. The lowest BCUT2D eigenvalue weighted by Gasteiger charge is -2.09. The molecule has 17 heavy (non-hydrogen) atoms. The summed E-state index contributed by atoms with van der Waals surface area (Å²) in [5, 5.41) is 19.9. The van der Waals surface area contributed by atoms with E-state index in [0.29, 0.717) is 12.1 Å². The van der Waals surface area contributed by atoms with Gasteiger partial charge in [-0.2, -0.15) is 15.4 Å². The second kappa shape index (κ2) is 5.29. The van der Waals surface area contributed by atoms with E-state index in [4.69, 9.17) is 4.74 Å². The Kier molecular flexibility index (Phi) is 3.75. The van der Waals surface area contributed by atoms with Crippen molar-refractivity contribution in [3.05, 3.63) is 40.1 Å². The van der Waals surface area contributed by atoms with Crippen LogP contribution in [0.4, 0.5) is 0 Å². The topological polar surface area (TPSA) is 71.0 Å². The minimum atomic E-state index is -0.658. The molecular weight excluding hydrogens is 286 g/mol. The molecule has 0 bridgehead atoms. The number of hydrogen-bond acceptors (Lipinski definition) is 4. The lowest BCUT2D eigenvalue weighted by Crippen LogP contribution is -2.02. The number of nitrogens with one attached hydrogen (secondary N) is 1. The van der Waals surface area contributed by atoms with Gasteiger partial charge in [0.1, 0.15) is 17.5 Å². The molecule has 0 aliphatic heterocycles. The first-order valence-electron chi connectivity index (χ1n) is 5.07. The van der Waals surface area contributed by atoms with Crippen molar-refractivity contribution in [2.24, 2.45) is 0 Å². The molecule has 2 rings (SSSR count). The van der Waals surface area contributed by atoms with Gasteiger partial charge in [0.2, 0.25) is 0 Å². The van der Waals surface area contributed by atoms with E-state index >= 15 is 0 Å². The Hall–Kier alpha value is -1.40. The Labute approximate surface area is 107 Å². The number of rotatable bonds is 4. The van der Waals surface area contributed by atoms with Crippen molar-refractivity contribution in [1.82, 2.24) is 15.4 Å². The Balaban J connectivity index is 2.11. The van der Waals surface area contributed by atoms with Gasteiger partial charge in [0.15, 0.2) is 0 Å². The molecule has 5 nitrogen and oxygen atoms in total. The van der Waals surface area contributed by atoms with Crippen LogP contribution in [0.15, 0.2) is 28.9 Å². The van der Waals surface area contributed by atoms with E-state index in [1.165, 1.54) is 6.20 Å². The highest BCUT2D eigenvalue weighted by atomic mass is 79.9. The molecule has 0 spiro atoms. The molecular formula is C11H12BrN3O2. The Morgan fingerprint density at radius 2 is 2.35 bits per heavy atom. The standard InChI is InChI=1S/C11H12BrN3O2/c1-17-11-3-2-7(4-8(11)12)5-10(16)9-6-13-15-14-9/h2-4,6,10,16H,5H2,1H3,(H,13,14,15). The zero-order chi connectivity index (χ0) is 12.3. The number of aliphatic hydroxyl groups excluding tert-OH is 1. The van der Waals surface area contributed by atoms with Gasteiger partial charge in [0.25, 0.3) is 0 Å². The van der Waals surface area contributed by atoms with Crippen LogP contribution in [0.3, 0.4) is 0 Å². The molecule has 1 aromatic heterocycles. The molecule has 2 aromatic rings. The monoisotopic (exact) mass is 297 g/mol. The molecule has 0 saturated heterocycles. The second-order valence-electron chi connectivity index (χ2n) is 3.58. The molecule has 90 valence electrons. The number of H-pyrrole nitrogens is 1. The number of methoxy groups -OCH3 is 1. The van der Waals surface area contributed by atoms with E-state index in [0.717, 1.165) is 15.8 Å². The maximum Gasteiger partial charge on any atom is 0.133 e. The van der Waals surface area contributed by atoms with Crippen molar-refractivity contribution >= 4 is 15.9 Å². The summed E-state index contributed by atoms with van der Waals surface area (Å²) in [5.41, 5.74) is 1.53. The van der Waals surface area contributed by atoms with Gasteiger partial charge in [-0.15, -0.1) is 0 Å². The minimum absolute atomic E-state index is 0.481. The average molecular weight is 298 g/mol. The fourth-order valence-electron chi connectivity index (χ4n) is 1.54. The van der Waals surface area contributed by atoms with Crippen LogP contribution in [0.25, 0.3) is 0 Å². The molecule has 1 unspecified atom stereocenters. The smallest absolute Gasteiger partial charge is 0.133 e. The zero-order valence-corrected chi connectivity index (χ0v) is 10.8. The molecule has 0 aliphatic rings. The largest absolute Gasteiger partial charge is 0.496 e. The van der Waals surface area contributed by atoms with Crippen LogP contribution >= 0.6 is 15.9 Å². The number of aliphatic hydroxyl groups is 1. The summed E-state index contributed by atoms with van der Waals surface area (Å²) in [7, 11) is 1.62. The van der Waals surface area contributed by atoms with Gasteiger partial charge >= 0.3 is 0 Å². The molecule has 2 N–H and O–H groups in total. The maximum atomic E-state index is 9.91. The predicted octanol–water partition coefficient (Wildman–Crippen LogP) is 1.85. The third-order valence-corrected chi connectivity index (χ3v) is 3.04. The number of nitrogens with zero attached hydrogens (tertiary/aromatic N) is 2. The van der Waals surface area contributed by atoms with Gasteiger partial charge in [-0.3, -0.25) is 0 Å². The van der Waals surface area contributed by atoms with Crippen molar-refractivity contribution in [3.63, 3.8) is 0 Å². The highest BCUT2D eigenvalue weighted by Crippen LogP contribution is 2.27. The van der Waals surface area contributed by atoms with Gasteiger partial charge in [-0.1, -0.05) is 6.07 Å². The van der Waals surface area contributed by atoms with Crippen molar-refractivity contribution in [2.45, 2.75) is 12.5 Å². The highest BCUT2D eigenvalue weighted by Gasteiger charge is 2.12. The van der Waals surface area contributed by atoms with Crippen molar-refractivity contribution in [3.8, 4) is 5.75 Å². The SMILES string of the molecule is COc1ccc(CC(O)c2cn[nH]n2)cc1Br. The van der Waals surface area contributed by atoms with E-state index in [1.54, 1.807) is 7.11 Å². The summed E-state index contributed by atoms with van der Waals surface area (Å²) in [6.45, 7) is 0. The third-order valence-electron chi connectivity index (χ3n) is 2.42. The number of aromatic amines is 1. The molecule has 1 atom stereocenters. The van der Waals surface area contributed by atoms with Crippen LogP contribution < -0.4 is 4.74 Å². The van der Waals surface area contributed by atoms with E-state index in [1.807, 2.05) is 18.2 Å². The minimum Gasteiger partial charge on any atom is -0.496 e. The van der Waals surface area contributed by atoms with E-state index in [2.05, 4.69) is 31.3 Å². The normalized spacial score (nSPS) is 12.4. The summed E-state index contributed by atoms with van der Waals surface area (Å²) in [4.78, 5) is 0. The number of hydrogen-bond donors (Lipinski definition) is 2. The molecule has 0 amide bonds. The van der Waals surface area contributed by atoms with Gasteiger partial charge in [-0.05, 0) is 33.6 Å². The molecule has 0 radical (unpaired) electrons. The summed E-state index contributed by atoms with van der Waals surface area (Å²) in [5.74, 6) is 0.768. The van der Waals surface area contributed by atoms with Crippen LogP contribution in [-0.2, 0) is 6.42 Å². The summed E-state index contributed by atoms with van der Waals surface area (Å²) in [6, 6.07) is 5.68. The van der Waals surface area contributed by atoms with E-state index in [9.17, 15) is 5.11 Å². The summed E-state index contributed by atoms with van der Waals surface area (Å²) < 4.78 is 6.01. The first-order valence-corrected chi connectivity index (χ1v) is 5.86. The van der Waals surface area contributed by atoms with Crippen LogP contribution in [0, 0.1) is 0 Å². The predicted molar refractivity (Wildman–Crippen MR) is 65.7 cm³/mol. The number of halogens is 1. The number of benzene rings is 1. The quantitative estimate of drug-likeness (QED) is 0.903. The molecule has 0 aliphatic carbocycles. The second-order valence-corrected chi connectivity index (χ2v) is 4.44. The molecule has 1 aromatic carbocycles. The van der Waals surface area contributed by atoms with Gasteiger partial charge in [0.05, 0.1) is 17.8 Å². The van der Waals surface area contributed by atoms with Gasteiger partial charge in [0, 0.05) is 6.42 Å². The van der Waals surface area contributed by atoms with Crippen LogP contribution in [0.5, 0.6) is 5.75 Å². The van der Waals surface area contributed by atoms with Crippen LogP contribution in [-0.4, -0.2) is 27.6 Å². The molecule has 0 saturated carbocycles.